The van der Waals surface area contributed by atoms with E-state index in [2.05, 4.69) is 31.7 Å². The molecule has 5 rings (SSSR count). The van der Waals surface area contributed by atoms with Crippen LogP contribution in [0.3, 0.4) is 0 Å². The Morgan fingerprint density at radius 1 is 1.11 bits per heavy atom. The van der Waals surface area contributed by atoms with Gasteiger partial charge in [0.05, 0.1) is 30.8 Å². The zero-order valence-corrected chi connectivity index (χ0v) is 21.4. The number of fused-ring (bicyclic) bond motifs is 1. The van der Waals surface area contributed by atoms with E-state index < -0.39 is 0 Å². The summed E-state index contributed by atoms with van der Waals surface area (Å²) in [7, 11) is 0. The minimum Gasteiger partial charge on any atom is -0.444 e. The number of hydrogen-bond acceptors (Lipinski definition) is 7. The van der Waals surface area contributed by atoms with E-state index in [1.807, 2.05) is 66.7 Å². The summed E-state index contributed by atoms with van der Waals surface area (Å²) in [6.07, 6.45) is 3.96. The molecule has 0 radical (unpaired) electrons. The molecule has 2 aliphatic rings. The second-order valence-corrected chi connectivity index (χ2v) is 9.84. The molecule has 188 valence electrons. The van der Waals surface area contributed by atoms with Crippen molar-refractivity contribution in [3.05, 3.63) is 88.7 Å². The number of ether oxygens (including phenoxy) is 2. The minimum atomic E-state index is -0.345. The Labute approximate surface area is 218 Å². The zero-order chi connectivity index (χ0) is 24.7. The molecular weight excluding hydrogens is 524 g/mol. The molecule has 8 nitrogen and oxygen atoms in total. The number of pyridine rings is 1. The first-order chi connectivity index (χ1) is 17.6. The summed E-state index contributed by atoms with van der Waals surface area (Å²) in [5.74, 6) is 0. The van der Waals surface area contributed by atoms with Crippen LogP contribution in [0.2, 0.25) is 0 Å². The van der Waals surface area contributed by atoms with Crippen molar-refractivity contribution in [1.82, 2.24) is 20.7 Å². The van der Waals surface area contributed by atoms with Gasteiger partial charge in [0.25, 0.3) is 0 Å². The number of benzene rings is 2. The molecule has 0 spiro atoms. The van der Waals surface area contributed by atoms with E-state index in [1.54, 1.807) is 11.1 Å². The molecule has 1 aromatic heterocycles. The van der Waals surface area contributed by atoms with Gasteiger partial charge in [-0.15, -0.1) is 0 Å². The Kier molecular flexibility index (Phi) is 8.12. The van der Waals surface area contributed by atoms with E-state index in [0.29, 0.717) is 26.2 Å². The van der Waals surface area contributed by atoms with Crippen molar-refractivity contribution >= 4 is 32.9 Å². The maximum Gasteiger partial charge on any atom is 0.410 e. The lowest BCUT2D eigenvalue weighted by Gasteiger charge is -2.24. The summed E-state index contributed by atoms with van der Waals surface area (Å²) in [5.41, 5.74) is 5.67. The lowest BCUT2D eigenvalue weighted by atomic mass is 10.2. The highest BCUT2D eigenvalue weighted by molar-refractivity contribution is 9.11. The number of hydrogen-bond donors (Lipinski definition) is 2. The molecule has 3 aromatic rings. The summed E-state index contributed by atoms with van der Waals surface area (Å²) in [6, 6.07) is 19.9. The van der Waals surface area contributed by atoms with Gasteiger partial charge in [-0.2, -0.15) is 0 Å². The van der Waals surface area contributed by atoms with Crippen LogP contribution in [-0.2, 0) is 27.5 Å². The zero-order valence-electron chi connectivity index (χ0n) is 19.8. The Morgan fingerprint density at radius 2 is 1.94 bits per heavy atom. The number of nitrogens with zero attached hydrogens (tertiary/aromatic N) is 2. The van der Waals surface area contributed by atoms with Crippen molar-refractivity contribution in [2.45, 2.75) is 37.9 Å². The summed E-state index contributed by atoms with van der Waals surface area (Å²) >= 11 is 3.37. The SMILES string of the molecule is O=C(OCc1cnc2ccccc2c1)N1CC(OCc2ccccc2)CC1CNCC1C=C(Br)NO1. The van der Waals surface area contributed by atoms with Crippen molar-refractivity contribution in [1.29, 1.82) is 0 Å². The van der Waals surface area contributed by atoms with Gasteiger partial charge in [-0.1, -0.05) is 48.5 Å². The highest BCUT2D eigenvalue weighted by Gasteiger charge is 2.36. The Morgan fingerprint density at radius 3 is 2.78 bits per heavy atom. The summed E-state index contributed by atoms with van der Waals surface area (Å²) in [4.78, 5) is 24.8. The predicted molar refractivity (Wildman–Crippen MR) is 140 cm³/mol. The summed E-state index contributed by atoms with van der Waals surface area (Å²) in [6.45, 7) is 2.41. The van der Waals surface area contributed by atoms with Crippen LogP contribution < -0.4 is 10.8 Å². The average molecular weight is 553 g/mol. The standard InChI is InChI=1S/C27H29BrN4O4/c28-26-12-23(36-31-26)15-29-14-22-11-24(34-17-19-6-2-1-3-7-19)16-32(22)27(33)35-18-20-10-21-8-4-5-9-25(21)30-13-20/h1-10,12-13,22-24,29,31H,11,14-18H2. The van der Waals surface area contributed by atoms with Crippen LogP contribution in [0.1, 0.15) is 17.5 Å². The fourth-order valence-electron chi connectivity index (χ4n) is 4.48. The summed E-state index contributed by atoms with van der Waals surface area (Å²) < 4.78 is 12.7. The number of amides is 1. The molecule has 3 atom stereocenters. The number of rotatable bonds is 9. The molecule has 1 fully saturated rings. The second kappa shape index (κ2) is 11.8. The molecule has 0 bridgehead atoms. The van der Waals surface area contributed by atoms with Gasteiger partial charge in [0.15, 0.2) is 0 Å². The molecule has 1 amide bonds. The van der Waals surface area contributed by atoms with Crippen molar-refractivity contribution in [2.24, 2.45) is 0 Å². The van der Waals surface area contributed by atoms with Gasteiger partial charge < -0.3 is 19.7 Å². The number of carbonyl (C=O) groups excluding carboxylic acids is 1. The second-order valence-electron chi connectivity index (χ2n) is 8.98. The van der Waals surface area contributed by atoms with Crippen molar-refractivity contribution in [2.75, 3.05) is 19.6 Å². The lowest BCUT2D eigenvalue weighted by Crippen LogP contribution is -2.43. The van der Waals surface area contributed by atoms with E-state index >= 15 is 0 Å². The largest absolute Gasteiger partial charge is 0.444 e. The van der Waals surface area contributed by atoms with Crippen molar-refractivity contribution in [3.8, 4) is 0 Å². The van der Waals surface area contributed by atoms with Crippen LogP contribution in [0.25, 0.3) is 10.9 Å². The number of likely N-dealkylation sites (tertiary alicyclic amines) is 1. The molecule has 36 heavy (non-hydrogen) atoms. The van der Waals surface area contributed by atoms with E-state index in [-0.39, 0.29) is 30.9 Å². The Bertz CT molecular complexity index is 1210. The molecule has 2 aliphatic heterocycles. The van der Waals surface area contributed by atoms with E-state index in [9.17, 15) is 4.79 Å². The number of halogens is 1. The number of hydroxylamine groups is 1. The molecule has 9 heteroatoms. The fourth-order valence-corrected chi connectivity index (χ4v) is 4.87. The third kappa shape index (κ3) is 6.41. The van der Waals surface area contributed by atoms with Gasteiger partial charge in [0.2, 0.25) is 0 Å². The van der Waals surface area contributed by atoms with Crippen LogP contribution in [0.15, 0.2) is 77.5 Å². The fraction of sp³-hybridized carbons (Fsp3) is 0.333. The average Bonchev–Trinajstić information content (AvgIpc) is 3.52. The molecule has 2 N–H and O–H groups in total. The first-order valence-electron chi connectivity index (χ1n) is 12.1. The first-order valence-corrected chi connectivity index (χ1v) is 12.9. The first kappa shape index (κ1) is 24.7. The highest BCUT2D eigenvalue weighted by atomic mass is 79.9. The highest BCUT2D eigenvalue weighted by Crippen LogP contribution is 2.23. The lowest BCUT2D eigenvalue weighted by molar-refractivity contribution is 0.0430. The third-order valence-corrected chi connectivity index (χ3v) is 6.74. The van der Waals surface area contributed by atoms with Crippen molar-refractivity contribution in [3.63, 3.8) is 0 Å². The molecule has 1 saturated heterocycles. The minimum absolute atomic E-state index is 0.0465. The van der Waals surface area contributed by atoms with Crippen LogP contribution in [-0.4, -0.2) is 53.9 Å². The number of nitrogens with one attached hydrogen (secondary N) is 2. The Balaban J connectivity index is 1.19. The van der Waals surface area contributed by atoms with Crippen LogP contribution in [0, 0.1) is 0 Å². The van der Waals surface area contributed by atoms with Gasteiger partial charge in [-0.05, 0) is 46.1 Å². The Hall–Kier alpha value is -2.98. The van der Waals surface area contributed by atoms with Gasteiger partial charge in [-0.25, -0.2) is 4.79 Å². The smallest absolute Gasteiger partial charge is 0.410 e. The van der Waals surface area contributed by atoms with Crippen LogP contribution in [0.5, 0.6) is 0 Å². The third-order valence-electron chi connectivity index (χ3n) is 6.31. The maximum absolute atomic E-state index is 13.1. The predicted octanol–water partition coefficient (Wildman–Crippen LogP) is 4.26. The number of aromatic nitrogens is 1. The van der Waals surface area contributed by atoms with E-state index in [4.69, 9.17) is 14.3 Å². The van der Waals surface area contributed by atoms with Gasteiger partial charge in [0, 0.05) is 30.2 Å². The topological polar surface area (TPSA) is 85.0 Å². The quantitative estimate of drug-likeness (QED) is 0.383. The number of para-hydroxylation sites is 1. The normalized spacial score (nSPS) is 21.4. The van der Waals surface area contributed by atoms with Crippen LogP contribution in [0.4, 0.5) is 4.79 Å². The number of carbonyl (C=O) groups is 1. The monoisotopic (exact) mass is 552 g/mol. The van der Waals surface area contributed by atoms with Gasteiger partial charge >= 0.3 is 6.09 Å². The van der Waals surface area contributed by atoms with Gasteiger partial charge in [0.1, 0.15) is 17.3 Å². The molecule has 0 saturated carbocycles. The van der Waals surface area contributed by atoms with E-state index in [1.165, 1.54) is 0 Å². The van der Waals surface area contributed by atoms with Crippen LogP contribution >= 0.6 is 15.9 Å². The van der Waals surface area contributed by atoms with Gasteiger partial charge in [-0.3, -0.25) is 15.3 Å². The maximum atomic E-state index is 13.1. The molecule has 3 heterocycles. The molecule has 0 aliphatic carbocycles. The molecule has 3 unspecified atom stereocenters. The summed E-state index contributed by atoms with van der Waals surface area (Å²) in [5, 5.41) is 4.44. The van der Waals surface area contributed by atoms with E-state index in [0.717, 1.165) is 33.1 Å². The van der Waals surface area contributed by atoms with Crippen molar-refractivity contribution < 1.29 is 19.1 Å². The molecular formula is C27H29BrN4O4. The molecule has 2 aromatic carbocycles.